The number of benzene rings is 1. The van der Waals surface area contributed by atoms with Crippen molar-refractivity contribution in [1.29, 1.82) is 0 Å². The van der Waals surface area contributed by atoms with Crippen LogP contribution in [0, 0.1) is 5.92 Å². The first-order valence-electron chi connectivity index (χ1n) is 7.29. The van der Waals surface area contributed by atoms with Crippen LogP contribution in [0.5, 0.6) is 0 Å². The Labute approximate surface area is 136 Å². The summed E-state index contributed by atoms with van der Waals surface area (Å²) in [7, 11) is -1.62. The van der Waals surface area contributed by atoms with E-state index in [1.165, 1.54) is 0 Å². The molecule has 0 aromatic heterocycles. The first-order chi connectivity index (χ1) is 9.86. The number of nitrogens with one attached hydrogen (secondary N) is 2. The Balaban J connectivity index is 2.67. The van der Waals surface area contributed by atoms with Gasteiger partial charge in [-0.15, -0.1) is 0 Å². The second-order valence-electron chi connectivity index (χ2n) is 5.58. The highest BCUT2D eigenvalue weighted by Gasteiger charge is 2.17. The fourth-order valence-electron chi connectivity index (χ4n) is 2.03. The minimum atomic E-state index is -3.46. The third kappa shape index (κ3) is 6.46. The quantitative estimate of drug-likeness (QED) is 0.650. The maximum Gasteiger partial charge on any atom is 0.241 e. The molecule has 0 spiro atoms. The lowest BCUT2D eigenvalue weighted by atomic mass is 10.1. The highest BCUT2D eigenvalue weighted by atomic mass is 79.9. The summed E-state index contributed by atoms with van der Waals surface area (Å²) in [4.78, 5) is 0.305. The van der Waals surface area contributed by atoms with Gasteiger partial charge < -0.3 is 5.32 Å². The maximum absolute atomic E-state index is 12.3. The van der Waals surface area contributed by atoms with Gasteiger partial charge in [0.2, 0.25) is 10.0 Å². The van der Waals surface area contributed by atoms with E-state index in [2.05, 4.69) is 39.8 Å². The topological polar surface area (TPSA) is 58.2 Å². The van der Waals surface area contributed by atoms with E-state index in [0.717, 1.165) is 24.8 Å². The molecular formula is C15H25BrN2O2S. The van der Waals surface area contributed by atoms with Gasteiger partial charge in [-0.1, -0.05) is 32.8 Å². The molecule has 0 fully saturated rings. The molecule has 0 heterocycles. The Bertz CT molecular complexity index is 545. The van der Waals surface area contributed by atoms with Crippen molar-refractivity contribution >= 4 is 26.0 Å². The largest absolute Gasteiger partial charge is 0.316 e. The molecular weight excluding hydrogens is 352 g/mol. The van der Waals surface area contributed by atoms with Gasteiger partial charge in [-0.2, -0.15) is 0 Å². The van der Waals surface area contributed by atoms with Crippen LogP contribution in [0.15, 0.2) is 27.6 Å². The van der Waals surface area contributed by atoms with Crippen LogP contribution in [0.1, 0.15) is 38.7 Å². The van der Waals surface area contributed by atoms with Gasteiger partial charge in [-0.25, -0.2) is 13.1 Å². The van der Waals surface area contributed by atoms with E-state index in [9.17, 15) is 8.42 Å². The molecule has 0 amide bonds. The summed E-state index contributed by atoms with van der Waals surface area (Å²) in [6.07, 6.45) is 3.04. The minimum absolute atomic E-state index is 0.305. The predicted molar refractivity (Wildman–Crippen MR) is 90.8 cm³/mol. The summed E-state index contributed by atoms with van der Waals surface area (Å²) in [5, 5.41) is 3.02. The van der Waals surface area contributed by atoms with Gasteiger partial charge in [0.25, 0.3) is 0 Å². The molecule has 21 heavy (non-hydrogen) atoms. The van der Waals surface area contributed by atoms with E-state index in [1.807, 2.05) is 13.1 Å². The lowest BCUT2D eigenvalue weighted by Crippen LogP contribution is -2.25. The molecule has 0 aliphatic carbocycles. The molecule has 0 aliphatic heterocycles. The average molecular weight is 377 g/mol. The summed E-state index contributed by atoms with van der Waals surface area (Å²) >= 11 is 3.32. The summed E-state index contributed by atoms with van der Waals surface area (Å²) < 4.78 is 28.0. The van der Waals surface area contributed by atoms with Gasteiger partial charge in [-0.05, 0) is 53.0 Å². The molecule has 1 rings (SSSR count). The average Bonchev–Trinajstić information content (AvgIpc) is 2.40. The first-order valence-corrected chi connectivity index (χ1v) is 9.57. The minimum Gasteiger partial charge on any atom is -0.316 e. The van der Waals surface area contributed by atoms with Crippen molar-refractivity contribution in [3.8, 4) is 0 Å². The van der Waals surface area contributed by atoms with Crippen LogP contribution in [-0.2, 0) is 16.6 Å². The second kappa shape index (κ2) is 8.88. The highest BCUT2D eigenvalue weighted by molar-refractivity contribution is 9.10. The van der Waals surface area contributed by atoms with E-state index in [0.29, 0.717) is 28.4 Å². The van der Waals surface area contributed by atoms with Crippen molar-refractivity contribution in [2.24, 2.45) is 5.92 Å². The summed E-state index contributed by atoms with van der Waals surface area (Å²) in [5.41, 5.74) is 0.945. The van der Waals surface area contributed by atoms with Gasteiger partial charge in [-0.3, -0.25) is 0 Å². The van der Waals surface area contributed by atoms with Crippen LogP contribution in [-0.4, -0.2) is 22.0 Å². The zero-order valence-corrected chi connectivity index (χ0v) is 15.4. The van der Waals surface area contributed by atoms with Crippen LogP contribution < -0.4 is 10.0 Å². The van der Waals surface area contributed by atoms with Gasteiger partial charge in [0, 0.05) is 17.6 Å². The predicted octanol–water partition coefficient (Wildman–Crippen LogP) is 3.27. The van der Waals surface area contributed by atoms with Crippen LogP contribution in [0.3, 0.4) is 0 Å². The van der Waals surface area contributed by atoms with Crippen molar-refractivity contribution in [2.45, 2.75) is 44.6 Å². The zero-order valence-electron chi connectivity index (χ0n) is 12.9. The molecule has 2 N–H and O–H groups in total. The molecule has 0 aliphatic rings. The number of rotatable bonds is 9. The van der Waals surface area contributed by atoms with E-state index in [1.54, 1.807) is 12.1 Å². The van der Waals surface area contributed by atoms with E-state index < -0.39 is 10.0 Å². The number of halogens is 1. The Kier molecular flexibility index (Phi) is 7.87. The van der Waals surface area contributed by atoms with Crippen LogP contribution in [0.25, 0.3) is 0 Å². The normalized spacial score (nSPS) is 12.0. The molecule has 6 heteroatoms. The van der Waals surface area contributed by atoms with Crippen LogP contribution in [0.2, 0.25) is 0 Å². The smallest absolute Gasteiger partial charge is 0.241 e. The SMILES string of the molecule is CNCc1ccc(Br)c(S(=O)(=O)NCCCCC(C)C)c1. The fourth-order valence-corrected chi connectivity index (χ4v) is 4.12. The van der Waals surface area contributed by atoms with E-state index >= 15 is 0 Å². The molecule has 0 atom stereocenters. The molecule has 1 aromatic rings. The fraction of sp³-hybridized carbons (Fsp3) is 0.600. The third-order valence-electron chi connectivity index (χ3n) is 3.17. The number of hydrogen-bond donors (Lipinski definition) is 2. The summed E-state index contributed by atoms with van der Waals surface area (Å²) in [5.74, 6) is 0.661. The van der Waals surface area contributed by atoms with Gasteiger partial charge in [0.1, 0.15) is 0 Å². The van der Waals surface area contributed by atoms with Crippen LogP contribution in [0.4, 0.5) is 0 Å². The summed E-state index contributed by atoms with van der Waals surface area (Å²) in [6, 6.07) is 5.39. The molecule has 1 aromatic carbocycles. The van der Waals surface area contributed by atoms with Crippen LogP contribution >= 0.6 is 15.9 Å². The van der Waals surface area contributed by atoms with Crippen molar-refractivity contribution in [1.82, 2.24) is 10.0 Å². The molecule has 0 radical (unpaired) electrons. The highest BCUT2D eigenvalue weighted by Crippen LogP contribution is 2.23. The second-order valence-corrected chi connectivity index (χ2v) is 8.17. The molecule has 0 saturated carbocycles. The van der Waals surface area contributed by atoms with Crippen molar-refractivity contribution in [3.63, 3.8) is 0 Å². The maximum atomic E-state index is 12.3. The molecule has 120 valence electrons. The Morgan fingerprint density at radius 3 is 2.57 bits per heavy atom. The van der Waals surface area contributed by atoms with E-state index in [-0.39, 0.29) is 0 Å². The first kappa shape index (κ1) is 18.6. The lowest BCUT2D eigenvalue weighted by molar-refractivity contribution is 0.530. The van der Waals surface area contributed by atoms with Crippen molar-refractivity contribution < 1.29 is 8.42 Å². The molecule has 4 nitrogen and oxygen atoms in total. The van der Waals surface area contributed by atoms with Crippen molar-refractivity contribution in [3.05, 3.63) is 28.2 Å². The van der Waals surface area contributed by atoms with Crippen molar-refractivity contribution in [2.75, 3.05) is 13.6 Å². The standard InChI is InChI=1S/C15H25BrN2O2S/c1-12(2)6-4-5-9-18-21(19,20)15-10-13(11-17-3)7-8-14(15)16/h7-8,10,12,17-18H,4-6,9,11H2,1-3H3. The molecule has 0 saturated heterocycles. The summed E-state index contributed by atoms with van der Waals surface area (Å²) in [6.45, 7) is 5.48. The molecule has 0 unspecified atom stereocenters. The lowest BCUT2D eigenvalue weighted by Gasteiger charge is -2.11. The monoisotopic (exact) mass is 376 g/mol. The van der Waals surface area contributed by atoms with Gasteiger partial charge in [0.05, 0.1) is 4.90 Å². The Morgan fingerprint density at radius 1 is 1.24 bits per heavy atom. The number of hydrogen-bond acceptors (Lipinski definition) is 3. The number of sulfonamides is 1. The van der Waals surface area contributed by atoms with Gasteiger partial charge in [0.15, 0.2) is 0 Å². The molecule has 0 bridgehead atoms. The third-order valence-corrected chi connectivity index (χ3v) is 5.62. The zero-order chi connectivity index (χ0) is 15.9. The van der Waals surface area contributed by atoms with Gasteiger partial charge >= 0.3 is 0 Å². The number of unbranched alkanes of at least 4 members (excludes halogenated alkanes) is 1. The Hall–Kier alpha value is -0.430. The Morgan fingerprint density at radius 2 is 1.95 bits per heavy atom. The van der Waals surface area contributed by atoms with E-state index in [4.69, 9.17) is 0 Å².